The lowest BCUT2D eigenvalue weighted by atomic mass is 10.0. The minimum absolute atomic E-state index is 0.591. The highest BCUT2D eigenvalue weighted by Gasteiger charge is 2.21. The van der Waals surface area contributed by atoms with Gasteiger partial charge in [-0.1, -0.05) is 121 Å². The molecule has 12 aromatic rings. The standard InChI is InChI=1S/C49H27N5OS2/c1-3-13-28(14-4-1)42-45-43(33-18-8-10-23-39(33)57-45)51-49(50-42)35-21-11-19-31-36-27-30(25-26-37(36)55-44(31)35)47-52-46(29-15-5-2-6-16-29)53-48(54-47)34-20-12-24-40-41(34)32-17-7-9-22-38(32)56-40/h1-27H. The molecule has 0 bridgehead atoms. The van der Waals surface area contributed by atoms with Gasteiger partial charge in [0.1, 0.15) is 11.2 Å². The number of benzene rings is 7. The molecule has 0 fully saturated rings. The second-order valence-electron chi connectivity index (χ2n) is 14.0. The summed E-state index contributed by atoms with van der Waals surface area (Å²) in [6, 6.07) is 56.2. The Morgan fingerprint density at radius 2 is 1.00 bits per heavy atom. The summed E-state index contributed by atoms with van der Waals surface area (Å²) in [6.07, 6.45) is 0. The summed E-state index contributed by atoms with van der Waals surface area (Å²) in [4.78, 5) is 25.9. The second-order valence-corrected chi connectivity index (χ2v) is 16.1. The van der Waals surface area contributed by atoms with Crippen LogP contribution < -0.4 is 0 Å². The van der Waals surface area contributed by atoms with Gasteiger partial charge in [0.15, 0.2) is 23.3 Å². The molecule has 6 nitrogen and oxygen atoms in total. The van der Waals surface area contributed by atoms with Crippen molar-refractivity contribution in [2.24, 2.45) is 0 Å². The lowest BCUT2D eigenvalue weighted by Gasteiger charge is -2.09. The van der Waals surface area contributed by atoms with Gasteiger partial charge in [-0.15, -0.1) is 22.7 Å². The summed E-state index contributed by atoms with van der Waals surface area (Å²) in [5, 5.41) is 5.41. The van der Waals surface area contributed by atoms with Crippen LogP contribution in [0, 0.1) is 0 Å². The largest absolute Gasteiger partial charge is 0.455 e. The summed E-state index contributed by atoms with van der Waals surface area (Å²) >= 11 is 3.52. The summed E-state index contributed by atoms with van der Waals surface area (Å²) in [5.41, 5.74) is 8.02. The van der Waals surface area contributed by atoms with E-state index in [9.17, 15) is 0 Å². The van der Waals surface area contributed by atoms with Crippen molar-refractivity contribution in [3.8, 4) is 56.8 Å². The quantitative estimate of drug-likeness (QED) is 0.174. The van der Waals surface area contributed by atoms with Gasteiger partial charge in [-0.3, -0.25) is 0 Å². The maximum absolute atomic E-state index is 6.69. The van der Waals surface area contributed by atoms with Crippen molar-refractivity contribution < 1.29 is 4.42 Å². The molecule has 5 aromatic heterocycles. The van der Waals surface area contributed by atoms with Crippen molar-refractivity contribution in [2.75, 3.05) is 0 Å². The van der Waals surface area contributed by atoms with Crippen LogP contribution in [-0.4, -0.2) is 24.9 Å². The van der Waals surface area contributed by atoms with E-state index >= 15 is 0 Å². The predicted molar refractivity (Wildman–Crippen MR) is 236 cm³/mol. The molecule has 5 heterocycles. The number of hydrogen-bond donors (Lipinski definition) is 0. The number of fused-ring (bicyclic) bond motifs is 9. The number of para-hydroxylation sites is 1. The lowest BCUT2D eigenvalue weighted by molar-refractivity contribution is 0.669. The molecule has 0 radical (unpaired) electrons. The molecule has 57 heavy (non-hydrogen) atoms. The highest BCUT2D eigenvalue weighted by atomic mass is 32.1. The van der Waals surface area contributed by atoms with Crippen molar-refractivity contribution in [3.05, 3.63) is 164 Å². The van der Waals surface area contributed by atoms with E-state index in [-0.39, 0.29) is 0 Å². The summed E-state index contributed by atoms with van der Waals surface area (Å²) in [5.74, 6) is 2.47. The highest BCUT2D eigenvalue weighted by Crippen LogP contribution is 2.43. The third-order valence-corrected chi connectivity index (χ3v) is 12.9. The second kappa shape index (κ2) is 12.7. The Morgan fingerprint density at radius 1 is 0.386 bits per heavy atom. The van der Waals surface area contributed by atoms with E-state index in [2.05, 4.69) is 115 Å². The molecule has 0 unspecified atom stereocenters. The topological polar surface area (TPSA) is 77.6 Å². The maximum Gasteiger partial charge on any atom is 0.164 e. The summed E-state index contributed by atoms with van der Waals surface area (Å²) in [6.45, 7) is 0. The van der Waals surface area contributed by atoms with E-state index in [0.29, 0.717) is 23.3 Å². The Kier molecular flexibility index (Phi) is 7.17. The third kappa shape index (κ3) is 5.19. The lowest BCUT2D eigenvalue weighted by Crippen LogP contribution is -2.00. The van der Waals surface area contributed by atoms with Crippen LogP contribution in [0.3, 0.4) is 0 Å². The zero-order valence-corrected chi connectivity index (χ0v) is 31.7. The van der Waals surface area contributed by atoms with Gasteiger partial charge in [0, 0.05) is 63.3 Å². The summed E-state index contributed by atoms with van der Waals surface area (Å²) in [7, 11) is 0. The van der Waals surface area contributed by atoms with E-state index in [1.807, 2.05) is 48.5 Å². The molecule has 0 saturated heterocycles. The van der Waals surface area contributed by atoms with Crippen LogP contribution in [0.2, 0.25) is 0 Å². The van der Waals surface area contributed by atoms with Crippen molar-refractivity contribution in [3.63, 3.8) is 0 Å². The Labute approximate surface area is 333 Å². The SMILES string of the molecule is c1ccc(-c2nc(-c3ccc4oc5c(-c6nc(-c7ccccc7)c7sc8ccccc8c7n6)cccc5c4c3)nc(-c3cccc4sc5ccccc5c34)n2)cc1. The van der Waals surface area contributed by atoms with Crippen LogP contribution >= 0.6 is 22.7 Å². The Balaban J connectivity index is 1.05. The number of aromatic nitrogens is 5. The molecule has 0 aliphatic carbocycles. The molecule has 7 aromatic carbocycles. The van der Waals surface area contributed by atoms with Gasteiger partial charge < -0.3 is 4.42 Å². The zero-order valence-electron chi connectivity index (χ0n) is 30.0. The first-order valence-electron chi connectivity index (χ1n) is 18.7. The normalized spacial score (nSPS) is 11.9. The van der Waals surface area contributed by atoms with Gasteiger partial charge in [0.25, 0.3) is 0 Å². The summed E-state index contributed by atoms with van der Waals surface area (Å²) < 4.78 is 11.4. The first kappa shape index (κ1) is 32.1. The maximum atomic E-state index is 6.69. The van der Waals surface area contributed by atoms with Gasteiger partial charge in [0.2, 0.25) is 0 Å². The smallest absolute Gasteiger partial charge is 0.164 e. The van der Waals surface area contributed by atoms with Crippen molar-refractivity contribution >= 4 is 85.1 Å². The molecule has 0 aliphatic heterocycles. The average molecular weight is 766 g/mol. The van der Waals surface area contributed by atoms with Gasteiger partial charge >= 0.3 is 0 Å². The van der Waals surface area contributed by atoms with E-state index in [1.165, 1.54) is 19.5 Å². The Morgan fingerprint density at radius 3 is 1.82 bits per heavy atom. The van der Waals surface area contributed by atoms with Crippen molar-refractivity contribution in [1.82, 2.24) is 24.9 Å². The Bertz CT molecular complexity index is 3540. The third-order valence-electron chi connectivity index (χ3n) is 10.6. The minimum atomic E-state index is 0.591. The molecule has 8 heteroatoms. The first-order valence-corrected chi connectivity index (χ1v) is 20.3. The number of hydrogen-bond acceptors (Lipinski definition) is 8. The molecule has 0 amide bonds. The van der Waals surface area contributed by atoms with E-state index in [1.54, 1.807) is 22.7 Å². The molecule has 266 valence electrons. The van der Waals surface area contributed by atoms with Crippen LogP contribution in [-0.2, 0) is 0 Å². The Hall–Kier alpha value is -7.13. The number of furan rings is 1. The molecule has 0 saturated carbocycles. The number of nitrogens with zero attached hydrogens (tertiary/aromatic N) is 5. The molecular formula is C49H27N5OS2. The average Bonchev–Trinajstić information content (AvgIpc) is 3.98. The molecule has 0 atom stereocenters. The van der Waals surface area contributed by atoms with Gasteiger partial charge in [-0.05, 0) is 42.5 Å². The number of thiophene rings is 2. The van der Waals surface area contributed by atoms with Crippen molar-refractivity contribution in [2.45, 2.75) is 0 Å². The van der Waals surface area contributed by atoms with Gasteiger partial charge in [-0.2, -0.15) is 0 Å². The highest BCUT2D eigenvalue weighted by molar-refractivity contribution is 7.26. The molecular weight excluding hydrogens is 739 g/mol. The monoisotopic (exact) mass is 765 g/mol. The van der Waals surface area contributed by atoms with Crippen LogP contribution in [0.25, 0.3) is 119 Å². The van der Waals surface area contributed by atoms with Crippen LogP contribution in [0.5, 0.6) is 0 Å². The van der Waals surface area contributed by atoms with Gasteiger partial charge in [0.05, 0.1) is 21.5 Å². The van der Waals surface area contributed by atoms with Crippen molar-refractivity contribution in [1.29, 1.82) is 0 Å². The fourth-order valence-electron chi connectivity index (χ4n) is 7.92. The molecule has 0 N–H and O–H groups in total. The van der Waals surface area contributed by atoms with E-state index < -0.39 is 0 Å². The van der Waals surface area contributed by atoms with E-state index in [0.717, 1.165) is 76.4 Å². The minimum Gasteiger partial charge on any atom is -0.455 e. The van der Waals surface area contributed by atoms with Crippen LogP contribution in [0.4, 0.5) is 0 Å². The number of rotatable bonds is 5. The zero-order chi connectivity index (χ0) is 37.5. The molecule has 0 spiro atoms. The van der Waals surface area contributed by atoms with E-state index in [4.69, 9.17) is 29.3 Å². The fraction of sp³-hybridized carbons (Fsp3) is 0. The first-order chi connectivity index (χ1) is 28.2. The fourth-order valence-corrected chi connectivity index (χ4v) is 10.2. The predicted octanol–water partition coefficient (Wildman–Crippen LogP) is 13.6. The molecule has 12 rings (SSSR count). The van der Waals surface area contributed by atoms with Crippen LogP contribution in [0.1, 0.15) is 0 Å². The molecule has 0 aliphatic rings. The van der Waals surface area contributed by atoms with Gasteiger partial charge in [-0.25, -0.2) is 24.9 Å². The van der Waals surface area contributed by atoms with Crippen LogP contribution in [0.15, 0.2) is 168 Å².